The van der Waals surface area contributed by atoms with Crippen molar-refractivity contribution in [1.82, 2.24) is 34.3 Å². The molecule has 0 aliphatic carbocycles. The number of terminal acetylenes is 1. The highest BCUT2D eigenvalue weighted by Crippen LogP contribution is 2.23. The molecular weight excluding hydrogens is 560 g/mol. The van der Waals surface area contributed by atoms with Crippen LogP contribution in [0.4, 0.5) is 5.82 Å². The highest BCUT2D eigenvalue weighted by molar-refractivity contribution is 6.44. The van der Waals surface area contributed by atoms with Crippen LogP contribution < -0.4 is 16.6 Å². The van der Waals surface area contributed by atoms with Gasteiger partial charge in [0.05, 0.1) is 23.2 Å². The number of hydrogen-bond donors (Lipinski definition) is 2. The molecule has 0 fully saturated rings. The summed E-state index contributed by atoms with van der Waals surface area (Å²) in [5.41, 5.74) is 7.34. The van der Waals surface area contributed by atoms with E-state index in [1.807, 2.05) is 0 Å². The van der Waals surface area contributed by atoms with Gasteiger partial charge in [-0.3, -0.25) is 14.3 Å². The van der Waals surface area contributed by atoms with Gasteiger partial charge in [-0.05, 0) is 30.5 Å². The van der Waals surface area contributed by atoms with E-state index in [0.717, 1.165) is 0 Å². The number of aryl methyl sites for hydroxylation is 1. The maximum absolute atomic E-state index is 14.3. The summed E-state index contributed by atoms with van der Waals surface area (Å²) in [4.78, 5) is 32.0. The van der Waals surface area contributed by atoms with E-state index in [2.05, 4.69) is 38.3 Å². The molecule has 45 heavy (non-hydrogen) atoms. The molecule has 0 aliphatic rings. The second-order valence-corrected chi connectivity index (χ2v) is 10.1. The lowest BCUT2D eigenvalue weighted by Crippen LogP contribution is -2.33. The average Bonchev–Trinajstić information content (AvgIpc) is 3.60. The van der Waals surface area contributed by atoms with Gasteiger partial charge in [0.25, 0.3) is 11.5 Å². The van der Waals surface area contributed by atoms with Gasteiger partial charge in [0.1, 0.15) is 36.9 Å². The Kier molecular flexibility index (Phi) is 8.60. The van der Waals surface area contributed by atoms with Crippen LogP contribution in [0.5, 0.6) is 0 Å². The van der Waals surface area contributed by atoms with Crippen LogP contribution in [0.1, 0.15) is 40.1 Å². The lowest BCUT2D eigenvalue weighted by molar-refractivity contribution is 0.0940. The Bertz CT molecular complexity index is 2230. The van der Waals surface area contributed by atoms with Gasteiger partial charge in [-0.2, -0.15) is 5.10 Å². The molecule has 1 atom stereocenters. The molecule has 3 N–H and O–H groups in total. The Morgan fingerprint density at radius 3 is 2.64 bits per heavy atom. The summed E-state index contributed by atoms with van der Waals surface area (Å²) < 4.78 is 4.43. The van der Waals surface area contributed by atoms with Crippen LogP contribution in [0.2, 0.25) is 0 Å². The molecule has 0 saturated carbocycles. The number of carbonyl (C=O) groups is 1. The van der Waals surface area contributed by atoms with Gasteiger partial charge in [0, 0.05) is 43.4 Å². The molecule has 14 heteroatoms. The van der Waals surface area contributed by atoms with Crippen LogP contribution in [-0.4, -0.2) is 66.2 Å². The average molecular weight is 582 g/mol. The van der Waals surface area contributed by atoms with Gasteiger partial charge < -0.3 is 15.6 Å². The van der Waals surface area contributed by atoms with Gasteiger partial charge in [0.2, 0.25) is 0 Å². The zero-order valence-electron chi connectivity index (χ0n) is 24.4. The van der Waals surface area contributed by atoms with E-state index in [0.29, 0.717) is 27.6 Å². The summed E-state index contributed by atoms with van der Waals surface area (Å²) in [6, 6.07) is 8.01. The van der Waals surface area contributed by atoms with Crippen molar-refractivity contribution >= 4 is 59.5 Å². The minimum Gasteiger partial charge on any atom is -0.381 e. The standard InChI is InChI=1S/C31H22B4N8O2/c1-4-21(32)26(34)27(35)22(33)16-42-23(17(2)39-30(44)25-28(36)40-43-12-6-11-37-29(25)43)13-20-8-5-7-19(24(20)31(42)45)10-9-18-14-38-41(3)15-18/h1,5-8,11-15,17H,16H2,2-3H3,(H2,36,40)(H,39,44)/b26-21-,27-22-/t17-/m1/s1. The van der Waals surface area contributed by atoms with E-state index < -0.39 is 17.5 Å². The normalized spacial score (nSPS) is 12.9. The fraction of sp³-hybridized carbons (Fsp3) is 0.129. The summed E-state index contributed by atoms with van der Waals surface area (Å²) in [5, 5.41) is 12.1. The number of benzene rings is 1. The molecule has 0 bridgehead atoms. The number of allylic oxidation sites excluding steroid dienone is 4. The van der Waals surface area contributed by atoms with E-state index in [4.69, 9.17) is 43.5 Å². The molecule has 4 heterocycles. The highest BCUT2D eigenvalue weighted by atomic mass is 16.2. The Morgan fingerprint density at radius 1 is 1.16 bits per heavy atom. The molecule has 5 rings (SSSR count). The smallest absolute Gasteiger partial charge is 0.260 e. The summed E-state index contributed by atoms with van der Waals surface area (Å²) in [5.74, 6) is 7.79. The van der Waals surface area contributed by atoms with Crippen molar-refractivity contribution in [1.29, 1.82) is 0 Å². The number of amides is 1. The first-order valence-corrected chi connectivity index (χ1v) is 13.5. The van der Waals surface area contributed by atoms with Crippen LogP contribution >= 0.6 is 0 Å². The molecule has 8 radical (unpaired) electrons. The number of nitrogens with two attached hydrogens (primary N) is 1. The van der Waals surface area contributed by atoms with Crippen molar-refractivity contribution in [3.05, 3.63) is 110 Å². The summed E-state index contributed by atoms with van der Waals surface area (Å²) in [6.45, 7) is 1.50. The van der Waals surface area contributed by atoms with Crippen molar-refractivity contribution < 1.29 is 4.79 Å². The van der Waals surface area contributed by atoms with E-state index in [-0.39, 0.29) is 45.5 Å². The first-order valence-electron chi connectivity index (χ1n) is 13.5. The van der Waals surface area contributed by atoms with E-state index in [1.165, 1.54) is 15.3 Å². The molecule has 0 aliphatic heterocycles. The maximum Gasteiger partial charge on any atom is 0.260 e. The van der Waals surface area contributed by atoms with Crippen molar-refractivity contribution in [2.24, 2.45) is 7.05 Å². The van der Waals surface area contributed by atoms with Crippen molar-refractivity contribution in [2.75, 3.05) is 5.73 Å². The molecule has 4 aromatic heterocycles. The predicted octanol–water partition coefficient (Wildman–Crippen LogP) is 0.981. The van der Waals surface area contributed by atoms with Crippen LogP contribution in [0.15, 0.2) is 81.8 Å². The number of nitrogen functional groups attached to an aromatic ring is 1. The van der Waals surface area contributed by atoms with Gasteiger partial charge in [-0.1, -0.05) is 35.4 Å². The fourth-order valence-corrected chi connectivity index (χ4v) is 4.79. The molecule has 210 valence electrons. The van der Waals surface area contributed by atoms with Gasteiger partial charge >= 0.3 is 0 Å². The van der Waals surface area contributed by atoms with Gasteiger partial charge in [-0.25, -0.2) is 9.50 Å². The zero-order valence-corrected chi connectivity index (χ0v) is 24.4. The Balaban J connectivity index is 1.65. The quantitative estimate of drug-likeness (QED) is 0.175. The lowest BCUT2D eigenvalue weighted by atomic mass is 9.66. The summed E-state index contributed by atoms with van der Waals surface area (Å²) >= 11 is 0. The number of anilines is 1. The molecule has 1 amide bonds. The molecule has 0 unspecified atom stereocenters. The number of nitrogens with one attached hydrogen (secondary N) is 1. The minimum absolute atomic E-state index is 0.000509. The third-order valence-electron chi connectivity index (χ3n) is 7.07. The lowest BCUT2D eigenvalue weighted by Gasteiger charge is -2.23. The van der Waals surface area contributed by atoms with Gasteiger partial charge in [-0.15, -0.1) is 27.9 Å². The largest absolute Gasteiger partial charge is 0.381 e. The number of aromatic nitrogens is 6. The van der Waals surface area contributed by atoms with Crippen molar-refractivity contribution in [3.8, 4) is 24.2 Å². The SMILES string of the molecule is [B]/C(C#C)=C([B])/C([B])=C(/[B])Cn1c([C@@H](C)NC(=O)c2c(N)nn3cccnc23)cc2cccc(C#Cc3cnn(C)c3)c2c1=O. The van der Waals surface area contributed by atoms with Crippen LogP contribution in [-0.2, 0) is 13.6 Å². The summed E-state index contributed by atoms with van der Waals surface area (Å²) in [6.07, 6.45) is 11.9. The van der Waals surface area contributed by atoms with Gasteiger partial charge in [0.15, 0.2) is 11.5 Å². The topological polar surface area (TPSA) is 125 Å². The summed E-state index contributed by atoms with van der Waals surface area (Å²) in [7, 11) is 26.1. The number of rotatable bonds is 6. The Hall–Kier alpha value is -5.61. The third-order valence-corrected chi connectivity index (χ3v) is 7.07. The first kappa shape index (κ1) is 30.8. The molecule has 1 aromatic carbocycles. The second kappa shape index (κ2) is 12.6. The Labute approximate surface area is 264 Å². The zero-order chi connectivity index (χ0) is 32.4. The number of pyridine rings is 1. The molecular formula is C31H22B4N8O2. The molecule has 0 spiro atoms. The second-order valence-electron chi connectivity index (χ2n) is 10.1. The molecule has 0 saturated heterocycles. The van der Waals surface area contributed by atoms with E-state index in [9.17, 15) is 9.59 Å². The highest BCUT2D eigenvalue weighted by Gasteiger charge is 2.23. The van der Waals surface area contributed by atoms with E-state index >= 15 is 0 Å². The Morgan fingerprint density at radius 2 is 1.93 bits per heavy atom. The van der Waals surface area contributed by atoms with E-state index in [1.54, 1.807) is 67.6 Å². The molecule has 10 nitrogen and oxygen atoms in total. The van der Waals surface area contributed by atoms with Crippen molar-refractivity contribution in [3.63, 3.8) is 0 Å². The number of carbonyl (C=O) groups excluding carboxylic acids is 1. The molecule has 5 aromatic rings. The third kappa shape index (κ3) is 6.09. The number of nitrogens with zero attached hydrogens (tertiary/aromatic N) is 6. The van der Waals surface area contributed by atoms with Crippen LogP contribution in [0.3, 0.4) is 0 Å². The van der Waals surface area contributed by atoms with Crippen LogP contribution in [0, 0.1) is 24.2 Å². The monoisotopic (exact) mass is 582 g/mol. The van der Waals surface area contributed by atoms with Crippen LogP contribution in [0.25, 0.3) is 16.4 Å². The fourth-order valence-electron chi connectivity index (χ4n) is 4.79. The number of hydrogen-bond acceptors (Lipinski definition) is 6. The van der Waals surface area contributed by atoms with Crippen molar-refractivity contribution in [2.45, 2.75) is 19.5 Å². The number of fused-ring (bicyclic) bond motifs is 2. The maximum atomic E-state index is 14.3. The predicted molar refractivity (Wildman–Crippen MR) is 177 cm³/mol. The first-order chi connectivity index (χ1) is 21.5. The minimum atomic E-state index is -0.740.